The summed E-state index contributed by atoms with van der Waals surface area (Å²) >= 11 is 0. The minimum atomic E-state index is -0.521. The summed E-state index contributed by atoms with van der Waals surface area (Å²) in [5, 5.41) is 10.7. The van der Waals surface area contributed by atoms with Gasteiger partial charge >= 0.3 is 0 Å². The van der Waals surface area contributed by atoms with Crippen molar-refractivity contribution in [3.63, 3.8) is 0 Å². The number of amides is 1. The normalized spacial score (nSPS) is 16.4. The fraction of sp³-hybridized carbons (Fsp3) is 0.125. The van der Waals surface area contributed by atoms with Crippen molar-refractivity contribution in [2.45, 2.75) is 12.6 Å². The third kappa shape index (κ3) is 3.59. The first kappa shape index (κ1) is 18.7. The topological polar surface area (TPSA) is 49.8 Å². The molecule has 0 spiro atoms. The molecule has 1 N–H and O–H groups in total. The third-order valence-electron chi connectivity index (χ3n) is 5.09. The highest BCUT2D eigenvalue weighted by Crippen LogP contribution is 2.43. The molecule has 3 aromatic carbocycles. The van der Waals surface area contributed by atoms with Crippen LogP contribution in [0.15, 0.2) is 84.6 Å². The number of carbonyl (C=O) groups excluding carboxylic acids is 1. The second kappa shape index (κ2) is 7.80. The molecule has 146 valence electrons. The van der Waals surface area contributed by atoms with Crippen molar-refractivity contribution in [2.24, 2.45) is 0 Å². The molecule has 4 nitrogen and oxygen atoms in total. The Morgan fingerprint density at radius 2 is 1.62 bits per heavy atom. The number of carbonyl (C=O) groups is 1. The van der Waals surface area contributed by atoms with Crippen molar-refractivity contribution in [3.05, 3.63) is 107 Å². The van der Waals surface area contributed by atoms with Crippen molar-refractivity contribution in [1.29, 1.82) is 0 Å². The number of methoxy groups -OCH3 is 1. The highest BCUT2D eigenvalue weighted by Gasteiger charge is 2.40. The molecule has 0 saturated heterocycles. The molecule has 0 aromatic heterocycles. The molecular weight excluding hydrogens is 369 g/mol. The van der Waals surface area contributed by atoms with Crippen LogP contribution in [0.4, 0.5) is 4.39 Å². The summed E-state index contributed by atoms with van der Waals surface area (Å²) in [5.41, 5.74) is 2.91. The van der Waals surface area contributed by atoms with Crippen LogP contribution in [0.25, 0.3) is 5.57 Å². The Hall–Kier alpha value is -3.60. The van der Waals surface area contributed by atoms with Gasteiger partial charge in [0.15, 0.2) is 5.76 Å². The second-order valence-corrected chi connectivity index (χ2v) is 6.86. The zero-order valence-corrected chi connectivity index (χ0v) is 15.9. The first-order valence-electron chi connectivity index (χ1n) is 9.26. The molecular formula is C24H20FNO3. The molecule has 1 amide bonds. The molecule has 5 heteroatoms. The van der Waals surface area contributed by atoms with Crippen LogP contribution in [0.2, 0.25) is 0 Å². The predicted octanol–water partition coefficient (Wildman–Crippen LogP) is 4.89. The SMILES string of the molecule is COc1ccc(CN2C(=O)C(O)=C(c3ccccc3)C2c2ccc(F)cc2)cc1. The van der Waals surface area contributed by atoms with E-state index in [1.165, 1.54) is 12.1 Å². The fourth-order valence-electron chi connectivity index (χ4n) is 3.65. The number of aliphatic hydroxyl groups is 1. The lowest BCUT2D eigenvalue weighted by molar-refractivity contribution is -0.130. The van der Waals surface area contributed by atoms with Crippen molar-refractivity contribution >= 4 is 11.5 Å². The molecule has 1 unspecified atom stereocenters. The number of nitrogens with zero attached hydrogens (tertiary/aromatic N) is 1. The number of hydrogen-bond donors (Lipinski definition) is 1. The molecule has 1 heterocycles. The summed E-state index contributed by atoms with van der Waals surface area (Å²) in [6.07, 6.45) is 0. The molecule has 1 aliphatic heterocycles. The zero-order valence-electron chi connectivity index (χ0n) is 15.9. The van der Waals surface area contributed by atoms with Gasteiger partial charge < -0.3 is 14.7 Å². The summed E-state index contributed by atoms with van der Waals surface area (Å²) in [7, 11) is 1.59. The number of benzene rings is 3. The van der Waals surface area contributed by atoms with Gasteiger partial charge in [-0.25, -0.2) is 4.39 Å². The van der Waals surface area contributed by atoms with Crippen molar-refractivity contribution < 1.29 is 19.0 Å². The van der Waals surface area contributed by atoms with Crippen LogP contribution >= 0.6 is 0 Å². The molecule has 0 fully saturated rings. The maximum atomic E-state index is 13.5. The third-order valence-corrected chi connectivity index (χ3v) is 5.09. The molecule has 0 saturated carbocycles. The van der Waals surface area contributed by atoms with E-state index >= 15 is 0 Å². The molecule has 0 bridgehead atoms. The average molecular weight is 389 g/mol. The van der Waals surface area contributed by atoms with Gasteiger partial charge in [-0.3, -0.25) is 4.79 Å². The standard InChI is InChI=1S/C24H20FNO3/c1-29-20-13-7-16(8-14-20)15-26-22(18-9-11-19(25)12-10-18)21(23(27)24(26)28)17-5-3-2-4-6-17/h2-14,22,27H,15H2,1H3. The smallest absolute Gasteiger partial charge is 0.290 e. The van der Waals surface area contributed by atoms with Gasteiger partial charge in [-0.1, -0.05) is 54.6 Å². The summed E-state index contributed by atoms with van der Waals surface area (Å²) < 4.78 is 18.7. The van der Waals surface area contributed by atoms with E-state index in [2.05, 4.69) is 0 Å². The molecule has 1 atom stereocenters. The Morgan fingerprint density at radius 3 is 2.24 bits per heavy atom. The lowest BCUT2D eigenvalue weighted by atomic mass is 9.93. The monoisotopic (exact) mass is 389 g/mol. The van der Waals surface area contributed by atoms with E-state index in [9.17, 15) is 14.3 Å². The van der Waals surface area contributed by atoms with Gasteiger partial charge in [0.1, 0.15) is 11.6 Å². The van der Waals surface area contributed by atoms with E-state index in [0.717, 1.165) is 22.4 Å². The fourth-order valence-corrected chi connectivity index (χ4v) is 3.65. The quantitative estimate of drug-likeness (QED) is 0.676. The molecule has 29 heavy (non-hydrogen) atoms. The molecule has 4 rings (SSSR count). The summed E-state index contributed by atoms with van der Waals surface area (Å²) in [4.78, 5) is 14.6. The average Bonchev–Trinajstić information content (AvgIpc) is 3.00. The minimum Gasteiger partial charge on any atom is -0.503 e. The van der Waals surface area contributed by atoms with Gasteiger partial charge in [0.25, 0.3) is 5.91 Å². The first-order valence-corrected chi connectivity index (χ1v) is 9.26. The van der Waals surface area contributed by atoms with Crippen LogP contribution in [0.5, 0.6) is 5.75 Å². The van der Waals surface area contributed by atoms with Gasteiger partial charge in [0, 0.05) is 12.1 Å². The van der Waals surface area contributed by atoms with E-state index in [4.69, 9.17) is 4.74 Å². The maximum Gasteiger partial charge on any atom is 0.290 e. The van der Waals surface area contributed by atoms with Gasteiger partial charge in [-0.15, -0.1) is 0 Å². The van der Waals surface area contributed by atoms with Crippen LogP contribution in [-0.4, -0.2) is 23.0 Å². The van der Waals surface area contributed by atoms with Crippen LogP contribution < -0.4 is 4.74 Å². The Bertz CT molecular complexity index is 1040. The van der Waals surface area contributed by atoms with Gasteiger partial charge in [0.05, 0.1) is 13.2 Å². The molecule has 1 aliphatic rings. The van der Waals surface area contributed by atoms with Crippen molar-refractivity contribution in [2.75, 3.05) is 7.11 Å². The molecule has 0 radical (unpaired) electrons. The zero-order chi connectivity index (χ0) is 20.4. The number of rotatable bonds is 5. The number of aliphatic hydroxyl groups excluding tert-OH is 1. The van der Waals surface area contributed by atoms with E-state index in [0.29, 0.717) is 12.1 Å². The Morgan fingerprint density at radius 1 is 0.966 bits per heavy atom. The lowest BCUT2D eigenvalue weighted by Gasteiger charge is -2.27. The van der Waals surface area contributed by atoms with Gasteiger partial charge in [0.2, 0.25) is 0 Å². The summed E-state index contributed by atoms with van der Waals surface area (Å²) in [5.74, 6) is -0.357. The second-order valence-electron chi connectivity index (χ2n) is 6.86. The van der Waals surface area contributed by atoms with E-state index in [-0.39, 0.29) is 11.6 Å². The van der Waals surface area contributed by atoms with E-state index in [1.807, 2.05) is 54.6 Å². The van der Waals surface area contributed by atoms with E-state index < -0.39 is 11.9 Å². The molecule has 0 aliphatic carbocycles. The largest absolute Gasteiger partial charge is 0.503 e. The van der Waals surface area contributed by atoms with Crippen LogP contribution in [-0.2, 0) is 11.3 Å². The van der Waals surface area contributed by atoms with Gasteiger partial charge in [-0.05, 0) is 41.0 Å². The lowest BCUT2D eigenvalue weighted by Crippen LogP contribution is -2.29. The number of hydrogen-bond acceptors (Lipinski definition) is 3. The number of halogens is 1. The summed E-state index contributed by atoms with van der Waals surface area (Å²) in [6, 6.07) is 22.2. The van der Waals surface area contributed by atoms with E-state index in [1.54, 1.807) is 24.1 Å². The Labute approximate surface area is 168 Å². The summed E-state index contributed by atoms with van der Waals surface area (Å²) in [6.45, 7) is 0.297. The Kier molecular flexibility index (Phi) is 5.04. The maximum absolute atomic E-state index is 13.5. The van der Waals surface area contributed by atoms with Crippen LogP contribution in [0, 0.1) is 5.82 Å². The first-order chi connectivity index (χ1) is 14.1. The number of ether oxygens (including phenoxy) is 1. The predicted molar refractivity (Wildman–Crippen MR) is 109 cm³/mol. The van der Waals surface area contributed by atoms with Crippen LogP contribution in [0.1, 0.15) is 22.7 Å². The van der Waals surface area contributed by atoms with Crippen molar-refractivity contribution in [3.8, 4) is 5.75 Å². The van der Waals surface area contributed by atoms with Gasteiger partial charge in [-0.2, -0.15) is 0 Å². The minimum absolute atomic E-state index is 0.279. The highest BCUT2D eigenvalue weighted by molar-refractivity contribution is 6.05. The molecule has 3 aromatic rings. The highest BCUT2D eigenvalue weighted by atomic mass is 19.1. The Balaban J connectivity index is 1.77. The van der Waals surface area contributed by atoms with Crippen LogP contribution in [0.3, 0.4) is 0 Å². The van der Waals surface area contributed by atoms with Crippen molar-refractivity contribution in [1.82, 2.24) is 4.90 Å².